The maximum atomic E-state index is 13.0. The molecule has 0 aliphatic carbocycles. The summed E-state index contributed by atoms with van der Waals surface area (Å²) < 4.78 is 40.2. The molecule has 0 bridgehead atoms. The summed E-state index contributed by atoms with van der Waals surface area (Å²) in [6.07, 6.45) is 7.67. The van der Waals surface area contributed by atoms with E-state index in [1.807, 2.05) is 0 Å². The number of hydrogen-bond acceptors (Lipinski definition) is 3. The molecular weight excluding hydrogens is 291 g/mol. The van der Waals surface area contributed by atoms with Gasteiger partial charge in [-0.2, -0.15) is 8.42 Å². The molecule has 0 fully saturated rings. The van der Waals surface area contributed by atoms with Gasteiger partial charge in [0.25, 0.3) is 10.1 Å². The van der Waals surface area contributed by atoms with Crippen LogP contribution in [0.3, 0.4) is 0 Å². The highest BCUT2D eigenvalue weighted by Crippen LogP contribution is 2.24. The van der Waals surface area contributed by atoms with Crippen LogP contribution in [-0.4, -0.2) is 21.3 Å². The van der Waals surface area contributed by atoms with Crippen LogP contribution in [0.2, 0.25) is 0 Å². The predicted molar refractivity (Wildman–Crippen MR) is 83.3 cm³/mol. The van der Waals surface area contributed by atoms with Gasteiger partial charge >= 0.3 is 0 Å². The van der Waals surface area contributed by atoms with Crippen LogP contribution in [0.1, 0.15) is 56.9 Å². The Morgan fingerprint density at radius 2 is 1.71 bits per heavy atom. The molecule has 0 amide bonds. The van der Waals surface area contributed by atoms with E-state index in [0.717, 1.165) is 31.1 Å². The van der Waals surface area contributed by atoms with Crippen molar-refractivity contribution in [3.05, 3.63) is 35.6 Å². The molecule has 0 N–H and O–H groups in total. The molecule has 1 atom stereocenters. The summed E-state index contributed by atoms with van der Waals surface area (Å²) in [4.78, 5) is 0. The second kappa shape index (κ2) is 9.15. The van der Waals surface area contributed by atoms with Crippen molar-refractivity contribution in [2.45, 2.75) is 51.4 Å². The molecule has 0 saturated heterocycles. The Bertz CT molecular complexity index is 497. The van der Waals surface area contributed by atoms with Gasteiger partial charge in [-0.3, -0.25) is 4.18 Å². The third kappa shape index (κ3) is 8.17. The van der Waals surface area contributed by atoms with Crippen molar-refractivity contribution in [2.24, 2.45) is 0 Å². The monoisotopic (exact) mass is 316 g/mol. The largest absolute Gasteiger partial charge is 0.270 e. The normalized spacial score (nSPS) is 13.3. The maximum absolute atomic E-state index is 13.0. The molecule has 1 unspecified atom stereocenters. The molecule has 0 aliphatic rings. The molecule has 0 spiro atoms. The first-order valence-corrected chi connectivity index (χ1v) is 9.34. The van der Waals surface area contributed by atoms with Crippen LogP contribution in [0.5, 0.6) is 0 Å². The minimum absolute atomic E-state index is 0.0121. The zero-order valence-electron chi connectivity index (χ0n) is 12.8. The van der Waals surface area contributed by atoms with Crippen LogP contribution in [0.4, 0.5) is 4.39 Å². The molecule has 0 aliphatic heterocycles. The molecular formula is C16H25FO3S. The maximum Gasteiger partial charge on any atom is 0.264 e. The number of unbranched alkanes of at least 4 members (excludes halogenated alkanes) is 4. The predicted octanol–water partition coefficient (Wildman–Crippen LogP) is 4.25. The summed E-state index contributed by atoms with van der Waals surface area (Å²) in [7, 11) is -3.45. The molecule has 0 heterocycles. The van der Waals surface area contributed by atoms with E-state index >= 15 is 0 Å². The Hall–Kier alpha value is -0.940. The molecule has 0 saturated carbocycles. The fraction of sp³-hybridized carbons (Fsp3) is 0.625. The number of halogens is 1. The van der Waals surface area contributed by atoms with E-state index in [0.29, 0.717) is 0 Å². The van der Waals surface area contributed by atoms with Gasteiger partial charge in [-0.15, -0.1) is 0 Å². The van der Waals surface area contributed by atoms with E-state index in [2.05, 4.69) is 6.92 Å². The van der Waals surface area contributed by atoms with E-state index in [1.54, 1.807) is 12.1 Å². The minimum Gasteiger partial charge on any atom is -0.270 e. The van der Waals surface area contributed by atoms with Crippen LogP contribution < -0.4 is 0 Å². The number of hydrogen-bond donors (Lipinski definition) is 0. The van der Waals surface area contributed by atoms with Crippen LogP contribution in [0.15, 0.2) is 24.3 Å². The van der Waals surface area contributed by atoms with Crippen LogP contribution >= 0.6 is 0 Å². The van der Waals surface area contributed by atoms with Crippen molar-refractivity contribution in [2.75, 3.05) is 12.9 Å². The fourth-order valence-corrected chi connectivity index (χ4v) is 2.69. The first-order valence-electron chi connectivity index (χ1n) is 7.52. The SMILES string of the molecule is CCCCCCCC(COS(C)(=O)=O)c1ccc(F)cc1. The molecule has 120 valence electrons. The second-order valence-corrected chi connectivity index (χ2v) is 7.08. The average molecular weight is 316 g/mol. The molecule has 3 nitrogen and oxygen atoms in total. The van der Waals surface area contributed by atoms with Gasteiger partial charge in [0.1, 0.15) is 5.82 Å². The topological polar surface area (TPSA) is 43.4 Å². The van der Waals surface area contributed by atoms with Crippen molar-refractivity contribution in [3.8, 4) is 0 Å². The third-order valence-corrected chi connectivity index (χ3v) is 4.05. The van der Waals surface area contributed by atoms with Gasteiger partial charge in [0.05, 0.1) is 12.9 Å². The Labute approximate surface area is 127 Å². The van der Waals surface area contributed by atoms with E-state index in [1.165, 1.54) is 31.4 Å². The van der Waals surface area contributed by atoms with Crippen molar-refractivity contribution >= 4 is 10.1 Å². The Morgan fingerprint density at radius 1 is 1.10 bits per heavy atom. The molecule has 5 heteroatoms. The molecule has 21 heavy (non-hydrogen) atoms. The lowest BCUT2D eigenvalue weighted by Crippen LogP contribution is -2.12. The van der Waals surface area contributed by atoms with Gasteiger partial charge < -0.3 is 0 Å². The zero-order chi connectivity index (χ0) is 15.7. The molecule has 1 aromatic rings. The van der Waals surface area contributed by atoms with E-state index in [-0.39, 0.29) is 18.3 Å². The average Bonchev–Trinajstić information content (AvgIpc) is 2.42. The smallest absolute Gasteiger partial charge is 0.264 e. The van der Waals surface area contributed by atoms with Crippen LogP contribution in [0.25, 0.3) is 0 Å². The summed E-state index contributed by atoms with van der Waals surface area (Å²) in [6, 6.07) is 6.22. The first kappa shape index (κ1) is 18.1. The van der Waals surface area contributed by atoms with Crippen LogP contribution in [0, 0.1) is 5.82 Å². The lowest BCUT2D eigenvalue weighted by Gasteiger charge is -2.17. The van der Waals surface area contributed by atoms with E-state index in [9.17, 15) is 12.8 Å². The van der Waals surface area contributed by atoms with Crippen molar-refractivity contribution < 1.29 is 17.0 Å². The Balaban J connectivity index is 2.59. The van der Waals surface area contributed by atoms with E-state index in [4.69, 9.17) is 4.18 Å². The van der Waals surface area contributed by atoms with Gasteiger partial charge in [-0.1, -0.05) is 51.2 Å². The summed E-state index contributed by atoms with van der Waals surface area (Å²) in [6.45, 7) is 2.29. The van der Waals surface area contributed by atoms with E-state index < -0.39 is 10.1 Å². The van der Waals surface area contributed by atoms with Crippen molar-refractivity contribution in [1.29, 1.82) is 0 Å². The lowest BCUT2D eigenvalue weighted by molar-refractivity contribution is 0.284. The summed E-state index contributed by atoms with van der Waals surface area (Å²) in [5, 5.41) is 0. The van der Waals surface area contributed by atoms with Gasteiger partial charge in [0.15, 0.2) is 0 Å². The molecule has 1 aromatic carbocycles. The highest BCUT2D eigenvalue weighted by Gasteiger charge is 2.15. The number of rotatable bonds is 10. The first-order chi connectivity index (χ1) is 9.92. The van der Waals surface area contributed by atoms with Gasteiger partial charge in [0, 0.05) is 5.92 Å². The van der Waals surface area contributed by atoms with Gasteiger partial charge in [-0.25, -0.2) is 4.39 Å². The second-order valence-electron chi connectivity index (χ2n) is 5.44. The van der Waals surface area contributed by atoms with Gasteiger partial charge in [0.2, 0.25) is 0 Å². The third-order valence-electron chi connectivity index (χ3n) is 3.48. The minimum atomic E-state index is -3.45. The standard InChI is InChI=1S/C16H25FO3S/c1-3-4-5-6-7-8-15(13-20-21(2,18)19)14-9-11-16(17)12-10-14/h9-12,15H,3-8,13H2,1-2H3. The molecule has 0 radical (unpaired) electrons. The van der Waals surface area contributed by atoms with Crippen molar-refractivity contribution in [1.82, 2.24) is 0 Å². The van der Waals surface area contributed by atoms with Crippen molar-refractivity contribution in [3.63, 3.8) is 0 Å². The fourth-order valence-electron chi connectivity index (χ4n) is 2.28. The van der Waals surface area contributed by atoms with Crippen LogP contribution in [-0.2, 0) is 14.3 Å². The highest BCUT2D eigenvalue weighted by atomic mass is 32.2. The summed E-state index contributed by atoms with van der Waals surface area (Å²) in [5.41, 5.74) is 0.926. The summed E-state index contributed by atoms with van der Waals surface area (Å²) >= 11 is 0. The molecule has 1 rings (SSSR count). The highest BCUT2D eigenvalue weighted by molar-refractivity contribution is 7.85. The quantitative estimate of drug-likeness (QED) is 0.479. The molecule has 0 aromatic heterocycles. The number of benzene rings is 1. The summed E-state index contributed by atoms with van der Waals surface area (Å²) in [5.74, 6) is -0.300. The Kier molecular flexibility index (Phi) is 7.89. The lowest BCUT2D eigenvalue weighted by atomic mass is 9.93. The Morgan fingerprint density at radius 3 is 2.29 bits per heavy atom. The zero-order valence-corrected chi connectivity index (χ0v) is 13.7. The van der Waals surface area contributed by atoms with Gasteiger partial charge in [-0.05, 0) is 24.1 Å².